The van der Waals surface area contributed by atoms with Crippen molar-refractivity contribution >= 4 is 21.6 Å². The van der Waals surface area contributed by atoms with Gasteiger partial charge >= 0.3 is 0 Å². The van der Waals surface area contributed by atoms with E-state index in [0.717, 1.165) is 0 Å². The molecule has 2 nitrogen and oxygen atoms in total. The third-order valence-corrected chi connectivity index (χ3v) is 4.41. The van der Waals surface area contributed by atoms with Gasteiger partial charge in [0.15, 0.2) is 0 Å². The van der Waals surface area contributed by atoms with Crippen LogP contribution in [-0.4, -0.2) is 30.6 Å². The highest BCUT2D eigenvalue weighted by atomic mass is 79.9. The molecule has 1 aromatic rings. The SMILES string of the molecule is CCN1CCCC(Nc2ccc(C)cc2Br)CC1. The van der Waals surface area contributed by atoms with E-state index in [4.69, 9.17) is 0 Å². The first-order valence-electron chi connectivity index (χ1n) is 6.94. The predicted molar refractivity (Wildman–Crippen MR) is 82.3 cm³/mol. The third kappa shape index (κ3) is 3.72. The quantitative estimate of drug-likeness (QED) is 0.906. The summed E-state index contributed by atoms with van der Waals surface area (Å²) in [4.78, 5) is 2.55. The molecule has 2 rings (SSSR count). The summed E-state index contributed by atoms with van der Waals surface area (Å²) in [5.41, 5.74) is 2.53. The summed E-state index contributed by atoms with van der Waals surface area (Å²) >= 11 is 3.65. The molecule has 0 aromatic heterocycles. The molecule has 1 atom stereocenters. The average molecular weight is 311 g/mol. The molecule has 1 N–H and O–H groups in total. The summed E-state index contributed by atoms with van der Waals surface area (Å²) in [6.07, 6.45) is 3.82. The molecule has 18 heavy (non-hydrogen) atoms. The van der Waals surface area contributed by atoms with Gasteiger partial charge in [-0.3, -0.25) is 0 Å². The fourth-order valence-electron chi connectivity index (χ4n) is 2.57. The lowest BCUT2D eigenvalue weighted by atomic mass is 10.1. The van der Waals surface area contributed by atoms with E-state index in [0.29, 0.717) is 6.04 Å². The van der Waals surface area contributed by atoms with Gasteiger partial charge in [0.1, 0.15) is 0 Å². The highest BCUT2D eigenvalue weighted by Crippen LogP contribution is 2.26. The molecule has 0 spiro atoms. The van der Waals surface area contributed by atoms with Gasteiger partial charge in [0.2, 0.25) is 0 Å². The van der Waals surface area contributed by atoms with Crippen molar-refractivity contribution in [2.75, 3.05) is 25.0 Å². The fourth-order valence-corrected chi connectivity index (χ4v) is 3.18. The van der Waals surface area contributed by atoms with E-state index in [2.05, 4.69) is 58.2 Å². The Bertz CT molecular complexity index is 392. The minimum atomic E-state index is 0.612. The van der Waals surface area contributed by atoms with Gasteiger partial charge in [0.25, 0.3) is 0 Å². The van der Waals surface area contributed by atoms with E-state index in [1.165, 1.54) is 54.6 Å². The zero-order valence-corrected chi connectivity index (χ0v) is 13.0. The van der Waals surface area contributed by atoms with E-state index in [-0.39, 0.29) is 0 Å². The Labute approximate surface area is 119 Å². The Morgan fingerprint density at radius 1 is 1.33 bits per heavy atom. The third-order valence-electron chi connectivity index (χ3n) is 3.75. The van der Waals surface area contributed by atoms with Crippen LogP contribution in [0.5, 0.6) is 0 Å². The van der Waals surface area contributed by atoms with Crippen LogP contribution in [0.4, 0.5) is 5.69 Å². The maximum Gasteiger partial charge on any atom is 0.0486 e. The van der Waals surface area contributed by atoms with Crippen molar-refractivity contribution < 1.29 is 0 Å². The second kappa shape index (κ2) is 6.58. The van der Waals surface area contributed by atoms with Crippen molar-refractivity contribution in [3.8, 4) is 0 Å². The molecule has 1 saturated heterocycles. The number of benzene rings is 1. The van der Waals surface area contributed by atoms with Crippen LogP contribution in [0.3, 0.4) is 0 Å². The number of aryl methyl sites for hydroxylation is 1. The summed E-state index contributed by atoms with van der Waals surface area (Å²) in [7, 11) is 0. The molecule has 1 fully saturated rings. The lowest BCUT2D eigenvalue weighted by Crippen LogP contribution is -2.26. The molecule has 100 valence electrons. The molecule has 0 bridgehead atoms. The van der Waals surface area contributed by atoms with Gasteiger partial charge in [0, 0.05) is 22.7 Å². The number of nitrogens with one attached hydrogen (secondary N) is 1. The summed E-state index contributed by atoms with van der Waals surface area (Å²) in [6, 6.07) is 7.14. The van der Waals surface area contributed by atoms with Crippen LogP contribution in [0.1, 0.15) is 31.7 Å². The van der Waals surface area contributed by atoms with Gasteiger partial charge in [-0.1, -0.05) is 13.0 Å². The summed E-state index contributed by atoms with van der Waals surface area (Å²) in [5, 5.41) is 3.69. The normalized spacial score (nSPS) is 21.6. The summed E-state index contributed by atoms with van der Waals surface area (Å²) < 4.78 is 1.18. The lowest BCUT2D eigenvalue weighted by molar-refractivity contribution is 0.300. The first kappa shape index (κ1) is 13.9. The van der Waals surface area contributed by atoms with Crippen molar-refractivity contribution in [3.63, 3.8) is 0 Å². The molecule has 1 heterocycles. The maximum absolute atomic E-state index is 3.69. The molecule has 1 aliphatic heterocycles. The Balaban J connectivity index is 1.96. The molecule has 1 aromatic carbocycles. The number of hydrogen-bond donors (Lipinski definition) is 1. The highest BCUT2D eigenvalue weighted by molar-refractivity contribution is 9.10. The topological polar surface area (TPSA) is 15.3 Å². The van der Waals surface area contributed by atoms with Gasteiger partial charge in [-0.15, -0.1) is 0 Å². The van der Waals surface area contributed by atoms with Crippen LogP contribution < -0.4 is 5.32 Å². The van der Waals surface area contributed by atoms with Gasteiger partial charge < -0.3 is 10.2 Å². The Morgan fingerprint density at radius 2 is 2.17 bits per heavy atom. The Morgan fingerprint density at radius 3 is 2.89 bits per heavy atom. The van der Waals surface area contributed by atoms with Gasteiger partial charge in [0.05, 0.1) is 0 Å². The van der Waals surface area contributed by atoms with Crippen molar-refractivity contribution in [1.82, 2.24) is 4.90 Å². The molecule has 0 amide bonds. The van der Waals surface area contributed by atoms with E-state index in [9.17, 15) is 0 Å². The average Bonchev–Trinajstić information content (AvgIpc) is 2.58. The van der Waals surface area contributed by atoms with E-state index in [1.54, 1.807) is 0 Å². The van der Waals surface area contributed by atoms with Crippen molar-refractivity contribution in [3.05, 3.63) is 28.2 Å². The van der Waals surface area contributed by atoms with Crippen LogP contribution in [0, 0.1) is 6.92 Å². The fraction of sp³-hybridized carbons (Fsp3) is 0.600. The molecule has 1 unspecified atom stereocenters. The van der Waals surface area contributed by atoms with Crippen LogP contribution in [0.25, 0.3) is 0 Å². The number of likely N-dealkylation sites (tertiary alicyclic amines) is 1. The number of halogens is 1. The minimum absolute atomic E-state index is 0.612. The van der Waals surface area contributed by atoms with Crippen molar-refractivity contribution in [1.29, 1.82) is 0 Å². The smallest absolute Gasteiger partial charge is 0.0486 e. The van der Waals surface area contributed by atoms with Gasteiger partial charge in [-0.2, -0.15) is 0 Å². The first-order valence-corrected chi connectivity index (χ1v) is 7.73. The molecular formula is C15H23BrN2. The molecule has 0 aliphatic carbocycles. The first-order chi connectivity index (χ1) is 8.69. The summed E-state index contributed by atoms with van der Waals surface area (Å²) in [5.74, 6) is 0. The number of anilines is 1. The van der Waals surface area contributed by atoms with Gasteiger partial charge in [-0.05, 0) is 72.9 Å². The summed E-state index contributed by atoms with van der Waals surface area (Å²) in [6.45, 7) is 8.03. The van der Waals surface area contributed by atoms with Crippen LogP contribution in [-0.2, 0) is 0 Å². The van der Waals surface area contributed by atoms with Crippen LogP contribution >= 0.6 is 15.9 Å². The maximum atomic E-state index is 3.69. The monoisotopic (exact) mass is 310 g/mol. The van der Waals surface area contributed by atoms with Crippen LogP contribution in [0.2, 0.25) is 0 Å². The Kier molecular flexibility index (Phi) is 5.07. The zero-order valence-electron chi connectivity index (χ0n) is 11.4. The van der Waals surface area contributed by atoms with E-state index < -0.39 is 0 Å². The second-order valence-corrected chi connectivity index (χ2v) is 6.04. The number of rotatable bonds is 3. The lowest BCUT2D eigenvalue weighted by Gasteiger charge is -2.20. The standard InChI is InChI=1S/C15H23BrN2/c1-3-18-9-4-5-13(8-10-18)17-15-7-6-12(2)11-14(15)16/h6-7,11,13,17H,3-5,8-10H2,1-2H3. The second-order valence-electron chi connectivity index (χ2n) is 5.19. The van der Waals surface area contributed by atoms with Crippen LogP contribution in [0.15, 0.2) is 22.7 Å². The van der Waals surface area contributed by atoms with Gasteiger partial charge in [-0.25, -0.2) is 0 Å². The molecule has 1 aliphatic rings. The number of hydrogen-bond acceptors (Lipinski definition) is 2. The highest BCUT2D eigenvalue weighted by Gasteiger charge is 2.16. The Hall–Kier alpha value is -0.540. The predicted octanol–water partition coefficient (Wildman–Crippen LogP) is 4.04. The molecular weight excluding hydrogens is 288 g/mol. The molecule has 0 radical (unpaired) electrons. The largest absolute Gasteiger partial charge is 0.381 e. The molecule has 0 saturated carbocycles. The van der Waals surface area contributed by atoms with E-state index in [1.807, 2.05) is 0 Å². The van der Waals surface area contributed by atoms with Crippen molar-refractivity contribution in [2.24, 2.45) is 0 Å². The van der Waals surface area contributed by atoms with Crippen molar-refractivity contribution in [2.45, 2.75) is 39.2 Å². The number of nitrogens with zero attached hydrogens (tertiary/aromatic N) is 1. The zero-order chi connectivity index (χ0) is 13.0. The minimum Gasteiger partial charge on any atom is -0.381 e. The van der Waals surface area contributed by atoms with E-state index >= 15 is 0 Å². The molecule has 3 heteroatoms.